The van der Waals surface area contributed by atoms with Crippen molar-refractivity contribution >= 4 is 18.2 Å². The molecule has 0 aliphatic rings. The molecule has 68 valence electrons. The van der Waals surface area contributed by atoms with Gasteiger partial charge in [-0.05, 0) is 5.04 Å². The zero-order valence-corrected chi connectivity index (χ0v) is 9.52. The fourth-order valence-corrected chi connectivity index (χ4v) is 6.12. The zero-order chi connectivity index (χ0) is 9.12. The molecule has 0 aromatic rings. The molecule has 0 aliphatic carbocycles. The highest BCUT2D eigenvalue weighted by molar-refractivity contribution is 8.11. The van der Waals surface area contributed by atoms with E-state index in [1.165, 1.54) is 0 Å². The van der Waals surface area contributed by atoms with Crippen LogP contribution >= 0.6 is 0 Å². The van der Waals surface area contributed by atoms with E-state index < -0.39 is 18.2 Å². The number of hydrogen-bond donors (Lipinski definition) is 1. The first kappa shape index (κ1) is 11.1. The molecule has 3 nitrogen and oxygen atoms in total. The standard InChI is InChI=1S/C6H16O3SSi/c1-4-5-6(2,3)11-10(7,8)9/h4-5,11H2,1-3H3,(H,7,8,9). The maximum absolute atomic E-state index is 10.5. The van der Waals surface area contributed by atoms with E-state index >= 15 is 0 Å². The maximum atomic E-state index is 10.5. The van der Waals surface area contributed by atoms with Crippen LogP contribution in [0, 0.1) is 0 Å². The summed E-state index contributed by atoms with van der Waals surface area (Å²) in [6, 6.07) is 0. The second-order valence-electron chi connectivity index (χ2n) is 3.64. The van der Waals surface area contributed by atoms with Crippen molar-refractivity contribution in [2.45, 2.75) is 38.7 Å². The van der Waals surface area contributed by atoms with E-state index in [1.807, 2.05) is 20.8 Å². The predicted molar refractivity (Wildman–Crippen MR) is 49.0 cm³/mol. The molecule has 0 radical (unpaired) electrons. The Morgan fingerprint density at radius 1 is 1.45 bits per heavy atom. The second-order valence-corrected chi connectivity index (χ2v) is 10.1. The Labute approximate surface area is 70.4 Å². The number of rotatable bonds is 4. The van der Waals surface area contributed by atoms with Gasteiger partial charge in [0.05, 0.1) is 0 Å². The van der Waals surface area contributed by atoms with Gasteiger partial charge in [0.1, 0.15) is 0 Å². The molecule has 0 amide bonds. The van der Waals surface area contributed by atoms with Crippen molar-refractivity contribution in [3.63, 3.8) is 0 Å². The van der Waals surface area contributed by atoms with Gasteiger partial charge < -0.3 is 0 Å². The third kappa shape index (κ3) is 6.52. The molecule has 0 saturated heterocycles. The van der Waals surface area contributed by atoms with E-state index in [2.05, 4.69) is 0 Å². The summed E-state index contributed by atoms with van der Waals surface area (Å²) in [4.78, 5) is 0. The van der Waals surface area contributed by atoms with Crippen LogP contribution in [-0.2, 0) is 9.57 Å². The zero-order valence-electron chi connectivity index (χ0n) is 7.29. The molecule has 1 N–H and O–H groups in total. The SMILES string of the molecule is CCCC(C)(C)[SiH2]S(=O)(=O)O. The van der Waals surface area contributed by atoms with Gasteiger partial charge in [-0.25, -0.2) is 8.42 Å². The van der Waals surface area contributed by atoms with Crippen molar-refractivity contribution < 1.29 is 13.0 Å². The summed E-state index contributed by atoms with van der Waals surface area (Å²) < 4.78 is 29.7. The van der Waals surface area contributed by atoms with Gasteiger partial charge in [-0.15, -0.1) is 0 Å². The fourth-order valence-electron chi connectivity index (χ4n) is 1.24. The molecular formula is C6H16O3SSi. The fraction of sp³-hybridized carbons (Fsp3) is 1.00. The van der Waals surface area contributed by atoms with E-state index in [-0.39, 0.29) is 5.04 Å². The van der Waals surface area contributed by atoms with Gasteiger partial charge in [-0.3, -0.25) is 4.55 Å². The largest absolute Gasteiger partial charge is 0.292 e. The molecule has 0 fully saturated rings. The van der Waals surface area contributed by atoms with E-state index in [9.17, 15) is 8.42 Å². The Hall–Kier alpha value is 0.127. The number of hydrogen-bond acceptors (Lipinski definition) is 2. The monoisotopic (exact) mass is 196 g/mol. The van der Waals surface area contributed by atoms with Gasteiger partial charge in [-0.1, -0.05) is 33.6 Å². The lowest BCUT2D eigenvalue weighted by Gasteiger charge is -2.20. The van der Waals surface area contributed by atoms with Crippen molar-refractivity contribution in [3.8, 4) is 0 Å². The van der Waals surface area contributed by atoms with E-state index in [0.29, 0.717) is 0 Å². The van der Waals surface area contributed by atoms with Crippen LogP contribution in [0.2, 0.25) is 5.04 Å². The molecule has 0 rings (SSSR count). The van der Waals surface area contributed by atoms with Gasteiger partial charge >= 0.3 is 0 Å². The van der Waals surface area contributed by atoms with Crippen LogP contribution in [0.3, 0.4) is 0 Å². The molecule has 0 unspecified atom stereocenters. The van der Waals surface area contributed by atoms with Crippen molar-refractivity contribution in [2.75, 3.05) is 0 Å². The lowest BCUT2D eigenvalue weighted by atomic mass is 10.1. The highest BCUT2D eigenvalue weighted by Crippen LogP contribution is 2.29. The molecule has 0 spiro atoms. The Bertz CT molecular complexity index is 208. The molecular weight excluding hydrogens is 180 g/mol. The van der Waals surface area contributed by atoms with Crippen LogP contribution < -0.4 is 0 Å². The Balaban J connectivity index is 4.13. The van der Waals surface area contributed by atoms with Crippen LogP contribution in [0.15, 0.2) is 0 Å². The summed E-state index contributed by atoms with van der Waals surface area (Å²) in [5.74, 6) is 0. The Morgan fingerprint density at radius 3 is 2.18 bits per heavy atom. The Kier molecular flexibility index (Phi) is 3.73. The first-order valence-corrected chi connectivity index (χ1v) is 7.77. The highest BCUT2D eigenvalue weighted by atomic mass is 32.4. The van der Waals surface area contributed by atoms with Crippen LogP contribution in [0.5, 0.6) is 0 Å². The molecule has 5 heteroatoms. The maximum Gasteiger partial charge on any atom is 0.221 e. The second kappa shape index (κ2) is 3.69. The summed E-state index contributed by atoms with van der Waals surface area (Å²) in [5.41, 5.74) is 0. The first-order chi connectivity index (χ1) is 4.77. The van der Waals surface area contributed by atoms with Crippen LogP contribution in [0.1, 0.15) is 33.6 Å². The van der Waals surface area contributed by atoms with Crippen molar-refractivity contribution in [3.05, 3.63) is 0 Å². The lowest BCUT2D eigenvalue weighted by molar-refractivity contribution is 0.496. The molecule has 0 aromatic heterocycles. The summed E-state index contributed by atoms with van der Waals surface area (Å²) in [6.07, 6.45) is 1.84. The summed E-state index contributed by atoms with van der Waals surface area (Å²) in [6.45, 7) is 5.81. The normalized spacial score (nSPS) is 14.5. The minimum Gasteiger partial charge on any atom is -0.292 e. The van der Waals surface area contributed by atoms with Gasteiger partial charge in [0.25, 0.3) is 0 Å². The van der Waals surface area contributed by atoms with Crippen molar-refractivity contribution in [1.82, 2.24) is 0 Å². The van der Waals surface area contributed by atoms with Gasteiger partial charge in [0.15, 0.2) is 0 Å². The summed E-state index contributed by atoms with van der Waals surface area (Å²) in [7, 11) is -5.07. The van der Waals surface area contributed by atoms with Crippen LogP contribution in [0.4, 0.5) is 0 Å². The lowest BCUT2D eigenvalue weighted by Crippen LogP contribution is -2.21. The minimum atomic E-state index is -3.67. The smallest absolute Gasteiger partial charge is 0.221 e. The third-order valence-electron chi connectivity index (χ3n) is 1.50. The quantitative estimate of drug-likeness (QED) is 0.538. The predicted octanol–water partition coefficient (Wildman–Crippen LogP) is 0.957. The van der Waals surface area contributed by atoms with E-state index in [4.69, 9.17) is 4.55 Å². The molecule has 0 aromatic carbocycles. The van der Waals surface area contributed by atoms with Crippen molar-refractivity contribution in [2.24, 2.45) is 0 Å². The van der Waals surface area contributed by atoms with Gasteiger partial charge in [0.2, 0.25) is 18.2 Å². The molecule has 0 heterocycles. The highest BCUT2D eigenvalue weighted by Gasteiger charge is 2.24. The molecule has 0 bridgehead atoms. The average molecular weight is 196 g/mol. The minimum absolute atomic E-state index is 0.164. The topological polar surface area (TPSA) is 54.4 Å². The van der Waals surface area contributed by atoms with E-state index in [0.717, 1.165) is 12.8 Å². The molecule has 0 saturated carbocycles. The van der Waals surface area contributed by atoms with Crippen molar-refractivity contribution in [1.29, 1.82) is 0 Å². The van der Waals surface area contributed by atoms with E-state index in [1.54, 1.807) is 0 Å². The van der Waals surface area contributed by atoms with Gasteiger partial charge in [-0.2, -0.15) is 0 Å². The molecule has 0 aliphatic heterocycles. The van der Waals surface area contributed by atoms with Crippen LogP contribution in [-0.4, -0.2) is 21.6 Å². The molecule has 11 heavy (non-hydrogen) atoms. The summed E-state index contributed by atoms with van der Waals surface area (Å²) in [5, 5.41) is -0.164. The summed E-state index contributed by atoms with van der Waals surface area (Å²) >= 11 is 0. The first-order valence-electron chi connectivity index (χ1n) is 3.72. The van der Waals surface area contributed by atoms with Crippen LogP contribution in [0.25, 0.3) is 0 Å². The van der Waals surface area contributed by atoms with Gasteiger partial charge in [0, 0.05) is 0 Å². The third-order valence-corrected chi connectivity index (χ3v) is 6.44. The Morgan fingerprint density at radius 2 is 1.91 bits per heavy atom. The average Bonchev–Trinajstić information content (AvgIpc) is 1.55. The molecule has 0 atom stereocenters.